The Morgan fingerprint density at radius 1 is 1.30 bits per heavy atom. The third-order valence-corrected chi connectivity index (χ3v) is 5.03. The molecule has 0 saturated carbocycles. The zero-order valence-electron chi connectivity index (χ0n) is 12.2. The topological polar surface area (TPSA) is 78.7 Å². The van der Waals surface area contributed by atoms with Crippen LogP contribution in [0.4, 0.5) is 5.13 Å². The van der Waals surface area contributed by atoms with Gasteiger partial charge in [-0.1, -0.05) is 12.1 Å². The lowest BCUT2D eigenvalue weighted by molar-refractivity contribution is 0.103. The number of hydrogen-bond acceptors (Lipinski definition) is 6. The Balaban J connectivity index is 1.67. The standard InChI is InChI=1S/C16H12N4OS2/c1-10-14(22-9-19-10)15(21)20-16-18-8-13(23-16)6-11-2-4-12(7-17)5-3-11/h2-5,8-9H,6H2,1H3,(H,18,20,21). The molecule has 1 amide bonds. The molecule has 0 saturated heterocycles. The average Bonchev–Trinajstić information content (AvgIpc) is 3.17. The van der Waals surface area contributed by atoms with Crippen LogP contribution in [0.1, 0.15) is 31.4 Å². The summed E-state index contributed by atoms with van der Waals surface area (Å²) in [7, 11) is 0. The highest BCUT2D eigenvalue weighted by Gasteiger charge is 2.13. The van der Waals surface area contributed by atoms with Crippen molar-refractivity contribution in [3.05, 3.63) is 62.5 Å². The van der Waals surface area contributed by atoms with Crippen LogP contribution in [0.3, 0.4) is 0 Å². The van der Waals surface area contributed by atoms with Crippen molar-refractivity contribution >= 4 is 33.7 Å². The van der Waals surface area contributed by atoms with E-state index in [2.05, 4.69) is 21.4 Å². The number of nitriles is 1. The summed E-state index contributed by atoms with van der Waals surface area (Å²) in [6, 6.07) is 9.55. The number of rotatable bonds is 4. The number of nitrogens with zero attached hydrogens (tertiary/aromatic N) is 3. The second-order valence-electron chi connectivity index (χ2n) is 4.84. The van der Waals surface area contributed by atoms with E-state index < -0.39 is 0 Å². The molecule has 2 heterocycles. The maximum absolute atomic E-state index is 12.1. The number of carbonyl (C=O) groups is 1. The van der Waals surface area contributed by atoms with Gasteiger partial charge in [-0.3, -0.25) is 10.1 Å². The zero-order valence-corrected chi connectivity index (χ0v) is 13.9. The number of anilines is 1. The van der Waals surface area contributed by atoms with E-state index in [1.807, 2.05) is 19.1 Å². The molecule has 0 radical (unpaired) electrons. The van der Waals surface area contributed by atoms with Crippen LogP contribution in [0.2, 0.25) is 0 Å². The van der Waals surface area contributed by atoms with Gasteiger partial charge in [0.2, 0.25) is 0 Å². The first-order valence-electron chi connectivity index (χ1n) is 6.81. The fourth-order valence-electron chi connectivity index (χ4n) is 2.02. The van der Waals surface area contributed by atoms with Crippen LogP contribution in [-0.4, -0.2) is 15.9 Å². The fraction of sp³-hybridized carbons (Fsp3) is 0.125. The third kappa shape index (κ3) is 3.62. The highest BCUT2D eigenvalue weighted by Crippen LogP contribution is 2.23. The molecule has 3 aromatic rings. The molecule has 0 spiro atoms. The lowest BCUT2D eigenvalue weighted by Gasteiger charge is -1.99. The fourth-order valence-corrected chi connectivity index (χ4v) is 3.56. The number of aryl methyl sites for hydroxylation is 1. The SMILES string of the molecule is Cc1ncsc1C(=O)Nc1ncc(Cc2ccc(C#N)cc2)s1. The van der Waals surface area contributed by atoms with Gasteiger partial charge in [0.1, 0.15) is 4.88 Å². The average molecular weight is 340 g/mol. The first-order valence-corrected chi connectivity index (χ1v) is 8.50. The number of nitrogens with one attached hydrogen (secondary N) is 1. The normalized spacial score (nSPS) is 10.3. The highest BCUT2D eigenvalue weighted by molar-refractivity contribution is 7.16. The Morgan fingerprint density at radius 2 is 2.09 bits per heavy atom. The number of thiazole rings is 2. The highest BCUT2D eigenvalue weighted by atomic mass is 32.1. The van der Waals surface area contributed by atoms with Crippen LogP contribution >= 0.6 is 22.7 Å². The van der Waals surface area contributed by atoms with Gasteiger partial charge in [0.15, 0.2) is 5.13 Å². The molecule has 0 atom stereocenters. The van der Waals surface area contributed by atoms with Crippen molar-refractivity contribution in [3.8, 4) is 6.07 Å². The van der Waals surface area contributed by atoms with E-state index in [1.165, 1.54) is 22.7 Å². The summed E-state index contributed by atoms with van der Waals surface area (Å²) in [6.45, 7) is 1.81. The predicted molar refractivity (Wildman–Crippen MR) is 90.9 cm³/mol. The van der Waals surface area contributed by atoms with Crippen molar-refractivity contribution < 1.29 is 4.79 Å². The molecule has 0 aliphatic carbocycles. The minimum absolute atomic E-state index is 0.177. The van der Waals surface area contributed by atoms with Crippen molar-refractivity contribution in [1.82, 2.24) is 9.97 Å². The lowest BCUT2D eigenvalue weighted by Crippen LogP contribution is -2.11. The van der Waals surface area contributed by atoms with E-state index in [1.54, 1.807) is 23.8 Å². The molecular formula is C16H12N4OS2. The van der Waals surface area contributed by atoms with Gasteiger partial charge in [-0.15, -0.1) is 22.7 Å². The van der Waals surface area contributed by atoms with Crippen LogP contribution in [0, 0.1) is 18.3 Å². The quantitative estimate of drug-likeness (QED) is 0.787. The first kappa shape index (κ1) is 15.3. The second-order valence-corrected chi connectivity index (χ2v) is 6.81. The van der Waals surface area contributed by atoms with E-state index in [9.17, 15) is 4.79 Å². The number of benzene rings is 1. The third-order valence-electron chi connectivity index (χ3n) is 3.19. The summed E-state index contributed by atoms with van der Waals surface area (Å²) in [4.78, 5) is 22.1. The molecule has 1 aromatic carbocycles. The number of aromatic nitrogens is 2. The molecule has 7 heteroatoms. The first-order chi connectivity index (χ1) is 11.2. The minimum Gasteiger partial charge on any atom is -0.297 e. The van der Waals surface area contributed by atoms with Crippen molar-refractivity contribution in [2.24, 2.45) is 0 Å². The van der Waals surface area contributed by atoms with Crippen LogP contribution in [-0.2, 0) is 6.42 Å². The molecule has 2 aromatic heterocycles. The summed E-state index contributed by atoms with van der Waals surface area (Å²) >= 11 is 2.76. The monoisotopic (exact) mass is 340 g/mol. The molecule has 3 rings (SSSR count). The zero-order chi connectivity index (χ0) is 16.2. The van der Waals surface area contributed by atoms with Crippen molar-refractivity contribution in [1.29, 1.82) is 5.26 Å². The summed E-state index contributed by atoms with van der Waals surface area (Å²) in [6.07, 6.45) is 2.48. The molecule has 0 bridgehead atoms. The van der Waals surface area contributed by atoms with Gasteiger partial charge in [0, 0.05) is 17.5 Å². The molecule has 0 unspecified atom stereocenters. The van der Waals surface area contributed by atoms with Crippen LogP contribution in [0.15, 0.2) is 36.0 Å². The van der Waals surface area contributed by atoms with E-state index in [-0.39, 0.29) is 5.91 Å². The molecule has 0 aliphatic heterocycles. The Morgan fingerprint density at radius 3 is 2.74 bits per heavy atom. The smallest absolute Gasteiger partial charge is 0.269 e. The maximum atomic E-state index is 12.1. The lowest BCUT2D eigenvalue weighted by atomic mass is 10.1. The van der Waals surface area contributed by atoms with E-state index in [4.69, 9.17) is 5.26 Å². The summed E-state index contributed by atoms with van der Waals surface area (Å²) < 4.78 is 0. The molecule has 0 aliphatic rings. The van der Waals surface area contributed by atoms with Gasteiger partial charge >= 0.3 is 0 Å². The molecule has 23 heavy (non-hydrogen) atoms. The van der Waals surface area contributed by atoms with Crippen molar-refractivity contribution in [2.75, 3.05) is 5.32 Å². The van der Waals surface area contributed by atoms with Gasteiger partial charge in [0.05, 0.1) is 22.8 Å². The molecule has 0 fully saturated rings. The summed E-state index contributed by atoms with van der Waals surface area (Å²) in [5.41, 5.74) is 4.12. The minimum atomic E-state index is -0.177. The van der Waals surface area contributed by atoms with Gasteiger partial charge in [0.25, 0.3) is 5.91 Å². The van der Waals surface area contributed by atoms with E-state index in [0.717, 1.165) is 22.6 Å². The van der Waals surface area contributed by atoms with Crippen molar-refractivity contribution in [2.45, 2.75) is 13.3 Å². The molecule has 114 valence electrons. The van der Waals surface area contributed by atoms with Crippen LogP contribution in [0.5, 0.6) is 0 Å². The van der Waals surface area contributed by atoms with Crippen LogP contribution in [0.25, 0.3) is 0 Å². The summed E-state index contributed by atoms with van der Waals surface area (Å²) in [5, 5.41) is 12.2. The number of hydrogen-bond donors (Lipinski definition) is 1. The van der Waals surface area contributed by atoms with Gasteiger partial charge in [-0.25, -0.2) is 9.97 Å². The number of amides is 1. The molecule has 5 nitrogen and oxygen atoms in total. The Kier molecular flexibility index (Phi) is 4.46. The number of carbonyl (C=O) groups excluding carboxylic acids is 1. The van der Waals surface area contributed by atoms with E-state index in [0.29, 0.717) is 15.6 Å². The largest absolute Gasteiger partial charge is 0.297 e. The molecular weight excluding hydrogens is 328 g/mol. The van der Waals surface area contributed by atoms with Gasteiger partial charge in [-0.2, -0.15) is 5.26 Å². The Labute approximate surface area is 141 Å². The second kappa shape index (κ2) is 6.69. The maximum Gasteiger partial charge on any atom is 0.269 e. The van der Waals surface area contributed by atoms with Crippen LogP contribution < -0.4 is 5.32 Å². The molecule has 1 N–H and O–H groups in total. The van der Waals surface area contributed by atoms with Gasteiger partial charge in [-0.05, 0) is 24.6 Å². The summed E-state index contributed by atoms with van der Waals surface area (Å²) in [5.74, 6) is -0.177. The van der Waals surface area contributed by atoms with E-state index >= 15 is 0 Å². The van der Waals surface area contributed by atoms with Crippen molar-refractivity contribution in [3.63, 3.8) is 0 Å². The Bertz CT molecular complexity index is 874. The Hall–Kier alpha value is -2.56. The predicted octanol–water partition coefficient (Wildman–Crippen LogP) is 3.62. The van der Waals surface area contributed by atoms with Gasteiger partial charge < -0.3 is 0 Å².